The minimum atomic E-state index is -0.237. The Bertz CT molecular complexity index is 890. The van der Waals surface area contributed by atoms with Crippen molar-refractivity contribution in [3.05, 3.63) is 43.5 Å². The number of halogens is 4. The normalized spacial score (nSPS) is 11.3. The monoisotopic (exact) mass is 468 g/mol. The van der Waals surface area contributed by atoms with Gasteiger partial charge in [0.05, 0.1) is 27.9 Å². The SMILES string of the molecule is Cl.Cl.N#CC[C@H](N)Cc1sc2c(NCc3cccs3)cc(Cl)nc2c1Cl. The van der Waals surface area contributed by atoms with Gasteiger partial charge in [0.25, 0.3) is 0 Å². The number of nitrogens with two attached hydrogens (primary N) is 1. The Labute approximate surface area is 182 Å². The van der Waals surface area contributed by atoms with E-state index >= 15 is 0 Å². The molecule has 0 aliphatic carbocycles. The Balaban J connectivity index is 0.00000169. The second-order valence-corrected chi connectivity index (χ2v) is 8.17. The third-order valence-corrected chi connectivity index (χ3v) is 6.28. The summed E-state index contributed by atoms with van der Waals surface area (Å²) >= 11 is 15.9. The highest BCUT2D eigenvalue weighted by Crippen LogP contribution is 2.40. The molecule has 1 atom stereocenters. The lowest BCUT2D eigenvalue weighted by Crippen LogP contribution is -2.21. The van der Waals surface area contributed by atoms with Gasteiger partial charge in [-0.3, -0.25) is 0 Å². The predicted octanol–water partition coefficient (Wildman–Crippen LogP) is 5.90. The van der Waals surface area contributed by atoms with Crippen molar-refractivity contribution < 1.29 is 0 Å². The van der Waals surface area contributed by atoms with Crippen LogP contribution in [0.2, 0.25) is 10.2 Å². The Morgan fingerprint density at radius 2 is 2.12 bits per heavy atom. The van der Waals surface area contributed by atoms with E-state index in [2.05, 4.69) is 22.4 Å². The van der Waals surface area contributed by atoms with Crippen LogP contribution in [0.5, 0.6) is 0 Å². The molecular formula is C16H16Cl4N4S2. The molecule has 0 spiro atoms. The maximum atomic E-state index is 8.77. The highest BCUT2D eigenvalue weighted by Gasteiger charge is 2.18. The quantitative estimate of drug-likeness (QED) is 0.440. The zero-order valence-corrected chi connectivity index (χ0v) is 18.1. The lowest BCUT2D eigenvalue weighted by molar-refractivity contribution is 0.692. The summed E-state index contributed by atoms with van der Waals surface area (Å²) in [5.41, 5.74) is 7.55. The van der Waals surface area contributed by atoms with Crippen molar-refractivity contribution in [1.29, 1.82) is 5.26 Å². The largest absolute Gasteiger partial charge is 0.379 e. The van der Waals surface area contributed by atoms with Crippen LogP contribution >= 0.6 is 70.7 Å². The fraction of sp³-hybridized carbons (Fsp3) is 0.250. The van der Waals surface area contributed by atoms with Gasteiger partial charge in [-0.2, -0.15) is 5.26 Å². The first kappa shape index (κ1) is 23.3. The molecule has 3 N–H and O–H groups in total. The number of anilines is 1. The van der Waals surface area contributed by atoms with E-state index in [4.69, 9.17) is 34.2 Å². The van der Waals surface area contributed by atoms with E-state index in [0.717, 1.165) is 15.3 Å². The summed E-state index contributed by atoms with van der Waals surface area (Å²) in [6.07, 6.45) is 0.845. The molecule has 0 aromatic carbocycles. The molecule has 0 fully saturated rings. The topological polar surface area (TPSA) is 74.7 Å². The average molecular weight is 470 g/mol. The van der Waals surface area contributed by atoms with Gasteiger partial charge in [-0.25, -0.2) is 4.98 Å². The van der Waals surface area contributed by atoms with Gasteiger partial charge in [0.2, 0.25) is 0 Å². The first-order chi connectivity index (χ1) is 11.6. The van der Waals surface area contributed by atoms with E-state index in [1.54, 1.807) is 22.7 Å². The maximum Gasteiger partial charge on any atom is 0.131 e. The van der Waals surface area contributed by atoms with Gasteiger partial charge in [-0.05, 0) is 17.9 Å². The molecule has 0 unspecified atom stereocenters. The van der Waals surface area contributed by atoms with Gasteiger partial charge in [-0.15, -0.1) is 47.5 Å². The predicted molar refractivity (Wildman–Crippen MR) is 118 cm³/mol. The first-order valence-electron chi connectivity index (χ1n) is 7.24. The fourth-order valence-electron chi connectivity index (χ4n) is 2.34. The molecule has 3 heterocycles. The minimum Gasteiger partial charge on any atom is -0.379 e. The van der Waals surface area contributed by atoms with Crippen LogP contribution in [0, 0.1) is 11.3 Å². The van der Waals surface area contributed by atoms with Crippen LogP contribution in [-0.4, -0.2) is 11.0 Å². The number of aromatic nitrogens is 1. The van der Waals surface area contributed by atoms with Gasteiger partial charge in [-0.1, -0.05) is 29.3 Å². The first-order valence-corrected chi connectivity index (χ1v) is 9.70. The van der Waals surface area contributed by atoms with Crippen LogP contribution < -0.4 is 11.1 Å². The molecule has 3 aromatic rings. The second-order valence-electron chi connectivity index (χ2n) is 5.27. The van der Waals surface area contributed by atoms with Crippen molar-refractivity contribution >= 4 is 86.6 Å². The van der Waals surface area contributed by atoms with Gasteiger partial charge < -0.3 is 11.1 Å². The van der Waals surface area contributed by atoms with Crippen molar-refractivity contribution in [2.75, 3.05) is 5.32 Å². The summed E-state index contributed by atoms with van der Waals surface area (Å²) < 4.78 is 0.958. The lowest BCUT2D eigenvalue weighted by Gasteiger charge is -2.06. The van der Waals surface area contributed by atoms with E-state index in [1.807, 2.05) is 17.5 Å². The molecule has 0 radical (unpaired) electrons. The highest BCUT2D eigenvalue weighted by molar-refractivity contribution is 7.20. The summed E-state index contributed by atoms with van der Waals surface area (Å²) in [4.78, 5) is 6.52. The number of fused-ring (bicyclic) bond motifs is 1. The van der Waals surface area contributed by atoms with E-state index in [9.17, 15) is 0 Å². The van der Waals surface area contributed by atoms with Crippen LogP contribution in [0.4, 0.5) is 5.69 Å². The van der Waals surface area contributed by atoms with Gasteiger partial charge >= 0.3 is 0 Å². The second kappa shape index (κ2) is 10.5. The molecule has 0 amide bonds. The summed E-state index contributed by atoms with van der Waals surface area (Å²) in [6.45, 7) is 0.714. The molecule has 0 bridgehead atoms. The zero-order valence-electron chi connectivity index (χ0n) is 13.4. The highest BCUT2D eigenvalue weighted by atomic mass is 35.5. The molecule has 10 heteroatoms. The van der Waals surface area contributed by atoms with Crippen molar-refractivity contribution in [2.24, 2.45) is 5.73 Å². The molecule has 3 rings (SSSR count). The van der Waals surface area contributed by atoms with Gasteiger partial charge in [0.1, 0.15) is 10.7 Å². The van der Waals surface area contributed by atoms with Crippen LogP contribution in [0.3, 0.4) is 0 Å². The molecule has 3 aromatic heterocycles. The number of nitrogens with one attached hydrogen (secondary N) is 1. The third kappa shape index (κ3) is 5.37. The molecule has 0 aliphatic rings. The fourth-order valence-corrected chi connectivity index (χ4v) is 4.78. The molecule has 0 saturated heterocycles. The van der Waals surface area contributed by atoms with E-state index in [-0.39, 0.29) is 30.9 Å². The molecule has 0 aliphatic heterocycles. The number of rotatable bonds is 6. The summed E-state index contributed by atoms with van der Waals surface area (Å²) in [5.74, 6) is 0. The van der Waals surface area contributed by atoms with Crippen molar-refractivity contribution in [3.8, 4) is 6.07 Å². The van der Waals surface area contributed by atoms with E-state index in [0.29, 0.717) is 35.1 Å². The summed E-state index contributed by atoms with van der Waals surface area (Å²) in [5, 5.41) is 15.2. The van der Waals surface area contributed by atoms with Crippen molar-refractivity contribution in [1.82, 2.24) is 4.98 Å². The zero-order chi connectivity index (χ0) is 17.1. The van der Waals surface area contributed by atoms with Gasteiger partial charge in [0.15, 0.2) is 0 Å². The van der Waals surface area contributed by atoms with Crippen LogP contribution in [0.25, 0.3) is 10.2 Å². The Morgan fingerprint density at radius 1 is 1.35 bits per heavy atom. The number of hydrogen-bond acceptors (Lipinski definition) is 6. The molecule has 140 valence electrons. The minimum absolute atomic E-state index is 0. The average Bonchev–Trinajstić information content (AvgIpc) is 3.15. The maximum absolute atomic E-state index is 8.77. The number of pyridine rings is 1. The van der Waals surface area contributed by atoms with Crippen molar-refractivity contribution in [2.45, 2.75) is 25.4 Å². The van der Waals surface area contributed by atoms with Crippen LogP contribution in [0.1, 0.15) is 16.2 Å². The summed E-state index contributed by atoms with van der Waals surface area (Å²) in [6, 6.07) is 7.75. The number of nitriles is 1. The number of nitrogens with zero attached hydrogens (tertiary/aromatic N) is 2. The number of thiophene rings is 2. The standard InChI is InChI=1S/C16H14Cl2N4S2.2ClH/c17-13-7-11(21-8-10-2-1-5-23-10)16-15(22-13)14(18)12(24-16)6-9(20)3-4-19;;/h1-2,5,7,9H,3,6,8,20H2,(H,21,22);2*1H/t9-;;/m0../s1. The van der Waals surface area contributed by atoms with Gasteiger partial charge in [0, 0.05) is 28.4 Å². The molecule has 4 nitrogen and oxygen atoms in total. The van der Waals surface area contributed by atoms with E-state index in [1.165, 1.54) is 4.88 Å². The Morgan fingerprint density at radius 3 is 2.77 bits per heavy atom. The molecule has 0 saturated carbocycles. The van der Waals surface area contributed by atoms with E-state index < -0.39 is 0 Å². The Hall–Kier alpha value is -0.780. The lowest BCUT2D eigenvalue weighted by atomic mass is 10.1. The molecular weight excluding hydrogens is 454 g/mol. The number of hydrogen-bond donors (Lipinski definition) is 2. The van der Waals surface area contributed by atoms with Crippen LogP contribution in [0.15, 0.2) is 23.6 Å². The van der Waals surface area contributed by atoms with Crippen LogP contribution in [-0.2, 0) is 13.0 Å². The summed E-state index contributed by atoms with van der Waals surface area (Å²) in [7, 11) is 0. The Kier molecular flexibility index (Phi) is 9.42. The third-order valence-electron chi connectivity index (χ3n) is 3.45. The molecule has 26 heavy (non-hydrogen) atoms. The smallest absolute Gasteiger partial charge is 0.131 e. The van der Waals surface area contributed by atoms with Crippen molar-refractivity contribution in [3.63, 3.8) is 0 Å².